The Morgan fingerprint density at radius 3 is 2.62 bits per heavy atom. The molecule has 1 amide bonds. The van der Waals surface area contributed by atoms with Gasteiger partial charge in [0, 0.05) is 18.6 Å². The highest BCUT2D eigenvalue weighted by atomic mass is 16.2. The van der Waals surface area contributed by atoms with Crippen LogP contribution in [0.3, 0.4) is 0 Å². The first-order chi connectivity index (χ1) is 7.74. The molecule has 0 aromatic heterocycles. The number of carbonyl (C=O) groups is 1. The van der Waals surface area contributed by atoms with Crippen LogP contribution in [0.15, 0.2) is 0 Å². The molecule has 2 saturated carbocycles. The number of nitrogens with one attached hydrogen (secondary N) is 1. The van der Waals surface area contributed by atoms with Crippen molar-refractivity contribution in [3.63, 3.8) is 0 Å². The zero-order chi connectivity index (χ0) is 11.1. The van der Waals surface area contributed by atoms with Crippen LogP contribution in [0.5, 0.6) is 0 Å². The molecule has 0 spiro atoms. The van der Waals surface area contributed by atoms with Gasteiger partial charge in [0.25, 0.3) is 0 Å². The molecule has 1 aliphatic heterocycles. The van der Waals surface area contributed by atoms with Crippen molar-refractivity contribution in [2.75, 3.05) is 6.54 Å². The first-order valence-corrected chi connectivity index (χ1v) is 6.80. The molecular formula is C13H22N2O. The van der Waals surface area contributed by atoms with Crippen molar-refractivity contribution >= 4 is 5.91 Å². The maximum Gasteiger partial charge on any atom is 0.239 e. The molecule has 0 aromatic rings. The van der Waals surface area contributed by atoms with Crippen molar-refractivity contribution in [2.24, 2.45) is 5.92 Å². The molecule has 2 aliphatic carbocycles. The molecule has 1 saturated heterocycles. The van der Waals surface area contributed by atoms with E-state index in [0.29, 0.717) is 18.0 Å². The Morgan fingerprint density at radius 2 is 2.00 bits per heavy atom. The van der Waals surface area contributed by atoms with Gasteiger partial charge in [0.15, 0.2) is 0 Å². The molecule has 1 atom stereocenters. The summed E-state index contributed by atoms with van der Waals surface area (Å²) < 4.78 is 0. The molecule has 1 heterocycles. The van der Waals surface area contributed by atoms with Gasteiger partial charge in [-0.3, -0.25) is 4.79 Å². The third kappa shape index (κ3) is 1.97. The maximum absolute atomic E-state index is 12.3. The number of hydrogen-bond acceptors (Lipinski definition) is 2. The van der Waals surface area contributed by atoms with E-state index in [4.69, 9.17) is 0 Å². The monoisotopic (exact) mass is 222 g/mol. The number of hydrogen-bond donors (Lipinski definition) is 1. The molecule has 1 N–H and O–H groups in total. The Bertz CT molecular complexity index is 282. The Labute approximate surface area is 97.6 Å². The second-order valence-corrected chi connectivity index (χ2v) is 5.90. The number of rotatable bonds is 3. The molecule has 3 heteroatoms. The molecule has 3 aliphatic rings. The van der Waals surface area contributed by atoms with E-state index in [1.807, 2.05) is 0 Å². The molecule has 16 heavy (non-hydrogen) atoms. The van der Waals surface area contributed by atoms with Crippen LogP contribution >= 0.6 is 0 Å². The summed E-state index contributed by atoms with van der Waals surface area (Å²) in [6, 6.07) is 1.35. The van der Waals surface area contributed by atoms with Crippen molar-refractivity contribution in [3.05, 3.63) is 0 Å². The van der Waals surface area contributed by atoms with E-state index in [0.717, 1.165) is 18.9 Å². The zero-order valence-electron chi connectivity index (χ0n) is 10.1. The van der Waals surface area contributed by atoms with Crippen LogP contribution in [0.4, 0.5) is 0 Å². The fourth-order valence-electron chi connectivity index (χ4n) is 3.07. The van der Waals surface area contributed by atoms with E-state index in [1.54, 1.807) is 0 Å². The van der Waals surface area contributed by atoms with Gasteiger partial charge in [-0.05, 0) is 44.4 Å². The first-order valence-electron chi connectivity index (χ1n) is 6.80. The van der Waals surface area contributed by atoms with Gasteiger partial charge >= 0.3 is 0 Å². The van der Waals surface area contributed by atoms with Crippen molar-refractivity contribution in [1.82, 2.24) is 10.2 Å². The summed E-state index contributed by atoms with van der Waals surface area (Å²) in [6.45, 7) is 3.28. The molecule has 3 rings (SSSR count). The topological polar surface area (TPSA) is 32.3 Å². The van der Waals surface area contributed by atoms with E-state index in [-0.39, 0.29) is 6.04 Å². The largest absolute Gasteiger partial charge is 0.338 e. The number of piperidine rings is 1. The van der Waals surface area contributed by atoms with Gasteiger partial charge in [0.1, 0.15) is 0 Å². The smallest absolute Gasteiger partial charge is 0.239 e. The van der Waals surface area contributed by atoms with Crippen LogP contribution in [0.25, 0.3) is 0 Å². The highest BCUT2D eigenvalue weighted by Crippen LogP contribution is 2.33. The van der Waals surface area contributed by atoms with E-state index < -0.39 is 0 Å². The fourth-order valence-corrected chi connectivity index (χ4v) is 3.07. The summed E-state index contributed by atoms with van der Waals surface area (Å²) in [5.41, 5.74) is 0. The molecular weight excluding hydrogens is 200 g/mol. The predicted molar refractivity (Wildman–Crippen MR) is 63.1 cm³/mol. The molecule has 3 nitrogen and oxygen atoms in total. The van der Waals surface area contributed by atoms with Crippen molar-refractivity contribution < 1.29 is 4.79 Å². The van der Waals surface area contributed by atoms with Gasteiger partial charge in [-0.2, -0.15) is 0 Å². The highest BCUT2D eigenvalue weighted by molar-refractivity contribution is 5.83. The first kappa shape index (κ1) is 10.6. The lowest BCUT2D eigenvalue weighted by Gasteiger charge is -2.45. The Morgan fingerprint density at radius 1 is 1.25 bits per heavy atom. The van der Waals surface area contributed by atoms with Crippen molar-refractivity contribution in [1.29, 1.82) is 0 Å². The Kier molecular flexibility index (Phi) is 2.66. The minimum Gasteiger partial charge on any atom is -0.338 e. The van der Waals surface area contributed by atoms with Gasteiger partial charge in [0.2, 0.25) is 5.91 Å². The third-order valence-electron chi connectivity index (χ3n) is 4.28. The Balaban J connectivity index is 1.58. The summed E-state index contributed by atoms with van der Waals surface area (Å²) in [7, 11) is 0. The molecule has 0 aromatic carbocycles. The van der Waals surface area contributed by atoms with Crippen LogP contribution in [0.1, 0.15) is 45.4 Å². The number of carbonyl (C=O) groups excluding carboxylic acids is 1. The van der Waals surface area contributed by atoms with E-state index in [9.17, 15) is 4.79 Å². The van der Waals surface area contributed by atoms with Crippen molar-refractivity contribution in [2.45, 2.75) is 63.6 Å². The zero-order valence-corrected chi connectivity index (χ0v) is 10.1. The summed E-state index contributed by atoms with van der Waals surface area (Å²) in [4.78, 5) is 14.4. The van der Waals surface area contributed by atoms with E-state index >= 15 is 0 Å². The number of nitrogens with zero attached hydrogens (tertiary/aromatic N) is 1. The van der Waals surface area contributed by atoms with Crippen LogP contribution < -0.4 is 5.32 Å². The second-order valence-electron chi connectivity index (χ2n) is 5.90. The second kappa shape index (κ2) is 4.02. The standard InChI is InChI=1S/C13H22N2O/c1-9-7-11(8-9)15-6-2-3-12(13(15)16)14-10-4-5-10/h9-12,14H,2-8H2,1H3. The normalized spacial score (nSPS) is 39.7. The summed E-state index contributed by atoms with van der Waals surface area (Å²) in [5.74, 6) is 1.21. The van der Waals surface area contributed by atoms with Gasteiger partial charge in [-0.25, -0.2) is 0 Å². The lowest BCUT2D eigenvalue weighted by atomic mass is 9.80. The van der Waals surface area contributed by atoms with Gasteiger partial charge in [-0.1, -0.05) is 6.92 Å². The lowest BCUT2D eigenvalue weighted by molar-refractivity contribution is -0.141. The minimum atomic E-state index is 0.136. The van der Waals surface area contributed by atoms with Crippen LogP contribution in [-0.2, 0) is 4.79 Å². The quantitative estimate of drug-likeness (QED) is 0.785. The van der Waals surface area contributed by atoms with E-state index in [2.05, 4.69) is 17.1 Å². The van der Waals surface area contributed by atoms with Crippen LogP contribution in [0.2, 0.25) is 0 Å². The van der Waals surface area contributed by atoms with Gasteiger partial charge in [-0.15, -0.1) is 0 Å². The SMILES string of the molecule is CC1CC(N2CCCC(NC3CC3)C2=O)C1. The van der Waals surface area contributed by atoms with Crippen LogP contribution in [-0.4, -0.2) is 35.5 Å². The molecule has 3 fully saturated rings. The van der Waals surface area contributed by atoms with Gasteiger partial charge in [0.05, 0.1) is 6.04 Å². The fraction of sp³-hybridized carbons (Fsp3) is 0.923. The lowest BCUT2D eigenvalue weighted by Crippen LogP contribution is -2.57. The number of amides is 1. The molecule has 1 unspecified atom stereocenters. The molecule has 90 valence electrons. The average molecular weight is 222 g/mol. The van der Waals surface area contributed by atoms with E-state index in [1.165, 1.54) is 32.1 Å². The summed E-state index contributed by atoms with van der Waals surface area (Å²) in [6.07, 6.45) is 7.22. The third-order valence-corrected chi connectivity index (χ3v) is 4.28. The predicted octanol–water partition coefficient (Wildman–Crippen LogP) is 1.53. The molecule has 0 radical (unpaired) electrons. The van der Waals surface area contributed by atoms with Crippen LogP contribution in [0, 0.1) is 5.92 Å². The Hall–Kier alpha value is -0.570. The highest BCUT2D eigenvalue weighted by Gasteiger charge is 2.39. The summed E-state index contributed by atoms with van der Waals surface area (Å²) in [5, 5.41) is 3.50. The van der Waals surface area contributed by atoms with Gasteiger partial charge < -0.3 is 10.2 Å². The number of likely N-dealkylation sites (tertiary alicyclic amines) is 1. The maximum atomic E-state index is 12.3. The summed E-state index contributed by atoms with van der Waals surface area (Å²) >= 11 is 0. The molecule has 0 bridgehead atoms. The minimum absolute atomic E-state index is 0.136. The average Bonchev–Trinajstić information content (AvgIpc) is 3.01. The van der Waals surface area contributed by atoms with Crippen molar-refractivity contribution in [3.8, 4) is 0 Å².